The number of urea groups is 1. The lowest BCUT2D eigenvalue weighted by molar-refractivity contribution is -0.138. The molecule has 0 unspecified atom stereocenters. The average Bonchev–Trinajstić information content (AvgIpc) is 3.06. The highest BCUT2D eigenvalue weighted by Crippen LogP contribution is 2.32. The minimum Gasteiger partial charge on any atom is -0.335 e. The predicted octanol–water partition coefficient (Wildman–Crippen LogP) is 2.74. The molecule has 0 saturated carbocycles. The van der Waals surface area contributed by atoms with Crippen molar-refractivity contribution in [1.82, 2.24) is 25.4 Å². The van der Waals surface area contributed by atoms with Crippen molar-refractivity contribution in [3.63, 3.8) is 0 Å². The largest absolute Gasteiger partial charge is 0.445 e. The number of amides is 2. The Bertz CT molecular complexity index is 730. The lowest BCUT2D eigenvalue weighted by Crippen LogP contribution is -2.45. The van der Waals surface area contributed by atoms with Gasteiger partial charge >= 0.3 is 12.2 Å². The van der Waals surface area contributed by atoms with Crippen LogP contribution in [0.15, 0.2) is 24.5 Å². The number of rotatable bonds is 4. The standard InChI is InChI=1S/C15H17F3N6OS/c16-15(17,18)12-22-23-14(26-12)21-13(25)20-11-3-7-24(8-4-11)9-10-1-5-19-6-2-10/h1-2,5-6,11H,3-4,7-9H2,(H2,20,21,23,25). The van der Waals surface area contributed by atoms with Gasteiger partial charge in [0.15, 0.2) is 0 Å². The van der Waals surface area contributed by atoms with Gasteiger partial charge in [-0.1, -0.05) is 11.3 Å². The number of piperidine rings is 1. The third-order valence-electron chi connectivity index (χ3n) is 3.97. The highest BCUT2D eigenvalue weighted by atomic mass is 32.1. The summed E-state index contributed by atoms with van der Waals surface area (Å²) >= 11 is 0.299. The van der Waals surface area contributed by atoms with Crippen LogP contribution in [-0.4, -0.2) is 45.2 Å². The second kappa shape index (κ2) is 7.96. The second-order valence-corrected chi connectivity index (χ2v) is 6.89. The van der Waals surface area contributed by atoms with E-state index < -0.39 is 17.2 Å². The Morgan fingerprint density at radius 1 is 1.23 bits per heavy atom. The van der Waals surface area contributed by atoms with Crippen molar-refractivity contribution in [2.45, 2.75) is 31.6 Å². The van der Waals surface area contributed by atoms with E-state index in [0.29, 0.717) is 11.3 Å². The molecule has 7 nitrogen and oxygen atoms in total. The number of nitrogens with one attached hydrogen (secondary N) is 2. The van der Waals surface area contributed by atoms with Gasteiger partial charge in [0.25, 0.3) is 0 Å². The Hall–Kier alpha value is -2.27. The lowest BCUT2D eigenvalue weighted by atomic mass is 10.0. The van der Waals surface area contributed by atoms with E-state index in [4.69, 9.17) is 0 Å². The number of likely N-dealkylation sites (tertiary alicyclic amines) is 1. The number of hydrogen-bond acceptors (Lipinski definition) is 6. The second-order valence-electron chi connectivity index (χ2n) is 5.91. The average molecular weight is 386 g/mol. The molecule has 1 saturated heterocycles. The van der Waals surface area contributed by atoms with Crippen LogP contribution in [0.4, 0.5) is 23.1 Å². The summed E-state index contributed by atoms with van der Waals surface area (Å²) in [5.74, 6) is 0. The van der Waals surface area contributed by atoms with Crippen LogP contribution in [-0.2, 0) is 12.7 Å². The fourth-order valence-corrected chi connectivity index (χ4v) is 3.29. The van der Waals surface area contributed by atoms with Crippen LogP contribution in [0.5, 0.6) is 0 Å². The highest BCUT2D eigenvalue weighted by molar-refractivity contribution is 7.15. The SMILES string of the molecule is O=C(Nc1nnc(C(F)(F)F)s1)NC1CCN(Cc2ccncc2)CC1. The number of hydrogen-bond donors (Lipinski definition) is 2. The maximum absolute atomic E-state index is 12.5. The van der Waals surface area contributed by atoms with Crippen LogP contribution >= 0.6 is 11.3 Å². The summed E-state index contributed by atoms with van der Waals surface area (Å²) in [5.41, 5.74) is 1.18. The Morgan fingerprint density at radius 3 is 2.54 bits per heavy atom. The van der Waals surface area contributed by atoms with Gasteiger partial charge in [-0.15, -0.1) is 10.2 Å². The third kappa shape index (κ3) is 5.11. The van der Waals surface area contributed by atoms with Crippen molar-refractivity contribution < 1.29 is 18.0 Å². The van der Waals surface area contributed by atoms with E-state index in [-0.39, 0.29) is 11.2 Å². The minimum atomic E-state index is -4.56. The molecule has 2 amide bonds. The molecule has 0 spiro atoms. The van der Waals surface area contributed by atoms with E-state index in [1.807, 2.05) is 12.1 Å². The number of pyridine rings is 1. The van der Waals surface area contributed by atoms with E-state index in [0.717, 1.165) is 32.5 Å². The molecule has 26 heavy (non-hydrogen) atoms. The normalized spacial score (nSPS) is 16.4. The van der Waals surface area contributed by atoms with Gasteiger partial charge in [-0.3, -0.25) is 15.2 Å². The summed E-state index contributed by atoms with van der Waals surface area (Å²) in [7, 11) is 0. The molecule has 0 bridgehead atoms. The number of anilines is 1. The van der Waals surface area contributed by atoms with Crippen LogP contribution in [0, 0.1) is 0 Å². The quantitative estimate of drug-likeness (QED) is 0.844. The number of halogens is 3. The van der Waals surface area contributed by atoms with Crippen molar-refractivity contribution in [2.24, 2.45) is 0 Å². The smallest absolute Gasteiger partial charge is 0.335 e. The van der Waals surface area contributed by atoms with Gasteiger partial charge in [0.2, 0.25) is 10.1 Å². The zero-order valence-electron chi connectivity index (χ0n) is 13.7. The summed E-state index contributed by atoms with van der Waals surface area (Å²) in [5, 5.41) is 10.2. The summed E-state index contributed by atoms with van der Waals surface area (Å²) in [6.07, 6.45) is 0.484. The van der Waals surface area contributed by atoms with Gasteiger partial charge in [-0.25, -0.2) is 4.79 Å². The number of nitrogens with zero attached hydrogens (tertiary/aromatic N) is 4. The summed E-state index contributed by atoms with van der Waals surface area (Å²) in [4.78, 5) is 18.2. The first-order chi connectivity index (χ1) is 12.4. The first-order valence-electron chi connectivity index (χ1n) is 7.99. The molecular weight excluding hydrogens is 369 g/mol. The van der Waals surface area contributed by atoms with Crippen LogP contribution < -0.4 is 10.6 Å². The summed E-state index contributed by atoms with van der Waals surface area (Å²) in [6.45, 7) is 2.47. The minimum absolute atomic E-state index is 0.0290. The molecule has 1 aliphatic heterocycles. The molecule has 3 heterocycles. The first kappa shape index (κ1) is 18.5. The fourth-order valence-electron chi connectivity index (χ4n) is 2.69. The van der Waals surface area contributed by atoms with Gasteiger partial charge < -0.3 is 5.32 Å². The van der Waals surface area contributed by atoms with Crippen molar-refractivity contribution in [3.05, 3.63) is 35.1 Å². The molecule has 0 aliphatic carbocycles. The number of carbonyl (C=O) groups is 1. The van der Waals surface area contributed by atoms with E-state index in [1.165, 1.54) is 5.56 Å². The van der Waals surface area contributed by atoms with Crippen molar-refractivity contribution in [2.75, 3.05) is 18.4 Å². The van der Waals surface area contributed by atoms with Gasteiger partial charge in [-0.05, 0) is 30.5 Å². The number of carbonyl (C=O) groups excluding carboxylic acids is 1. The van der Waals surface area contributed by atoms with Crippen molar-refractivity contribution in [1.29, 1.82) is 0 Å². The topological polar surface area (TPSA) is 83.0 Å². The monoisotopic (exact) mass is 386 g/mol. The van der Waals surface area contributed by atoms with Crippen LogP contribution in [0.25, 0.3) is 0 Å². The van der Waals surface area contributed by atoms with Gasteiger partial charge in [0.1, 0.15) is 0 Å². The molecule has 1 aliphatic rings. The maximum atomic E-state index is 12.5. The predicted molar refractivity (Wildman–Crippen MR) is 89.6 cm³/mol. The Labute approximate surface area is 151 Å². The van der Waals surface area contributed by atoms with E-state index in [2.05, 4.69) is 30.7 Å². The summed E-state index contributed by atoms with van der Waals surface area (Å²) < 4.78 is 37.4. The van der Waals surface area contributed by atoms with Crippen LogP contribution in [0.1, 0.15) is 23.4 Å². The molecule has 0 aromatic carbocycles. The molecule has 140 valence electrons. The third-order valence-corrected chi connectivity index (χ3v) is 4.85. The van der Waals surface area contributed by atoms with Gasteiger partial charge in [0.05, 0.1) is 0 Å². The van der Waals surface area contributed by atoms with Crippen LogP contribution in [0.3, 0.4) is 0 Å². The zero-order valence-corrected chi connectivity index (χ0v) is 14.5. The molecule has 2 aromatic rings. The van der Waals surface area contributed by atoms with Crippen molar-refractivity contribution >= 4 is 22.5 Å². The maximum Gasteiger partial charge on any atom is 0.445 e. The Kier molecular flexibility index (Phi) is 5.67. The van der Waals surface area contributed by atoms with Crippen LogP contribution in [0.2, 0.25) is 0 Å². The molecule has 2 N–H and O–H groups in total. The molecule has 0 atom stereocenters. The molecule has 0 radical (unpaired) electrons. The molecule has 3 rings (SSSR count). The number of aromatic nitrogens is 3. The van der Waals surface area contributed by atoms with E-state index in [1.54, 1.807) is 12.4 Å². The van der Waals surface area contributed by atoms with Gasteiger partial charge in [-0.2, -0.15) is 13.2 Å². The Balaban J connectivity index is 1.42. The van der Waals surface area contributed by atoms with E-state index in [9.17, 15) is 18.0 Å². The van der Waals surface area contributed by atoms with E-state index >= 15 is 0 Å². The molecule has 1 fully saturated rings. The molecule has 2 aromatic heterocycles. The van der Waals surface area contributed by atoms with Crippen molar-refractivity contribution in [3.8, 4) is 0 Å². The first-order valence-corrected chi connectivity index (χ1v) is 8.81. The molecular formula is C15H17F3N6OS. The number of alkyl halides is 3. The van der Waals surface area contributed by atoms with Gasteiger partial charge in [0, 0.05) is 38.1 Å². The molecule has 11 heteroatoms. The Morgan fingerprint density at radius 2 is 1.92 bits per heavy atom. The fraction of sp³-hybridized carbons (Fsp3) is 0.467. The zero-order chi connectivity index (χ0) is 18.6. The summed E-state index contributed by atoms with van der Waals surface area (Å²) in [6, 6.07) is 3.34. The lowest BCUT2D eigenvalue weighted by Gasteiger charge is -2.32. The highest BCUT2D eigenvalue weighted by Gasteiger charge is 2.35.